The first-order chi connectivity index (χ1) is 9.72. The van der Waals surface area contributed by atoms with Crippen LogP contribution in [-0.4, -0.2) is 24.8 Å². The molecular weight excluding hydrogens is 252 g/mol. The van der Waals surface area contributed by atoms with Gasteiger partial charge in [0.25, 0.3) is 0 Å². The number of rotatable bonds is 5. The predicted molar refractivity (Wildman–Crippen MR) is 77.9 cm³/mol. The fraction of sp³-hybridized carbons (Fsp3) is 0.500. The number of amides is 1. The van der Waals surface area contributed by atoms with Crippen LogP contribution in [0.1, 0.15) is 41.6 Å². The van der Waals surface area contributed by atoms with Gasteiger partial charge in [0.1, 0.15) is 0 Å². The SMILES string of the molecule is O=C(CNCC1CC1)Nc1ccc2c(c1)C(=O)CCC2. The second-order valence-corrected chi connectivity index (χ2v) is 5.77. The molecule has 0 unspecified atom stereocenters. The van der Waals surface area contributed by atoms with Crippen molar-refractivity contribution in [3.63, 3.8) is 0 Å². The second-order valence-electron chi connectivity index (χ2n) is 5.77. The standard InChI is InChI=1S/C16H20N2O2/c19-15-3-1-2-12-6-7-13(8-14(12)15)18-16(20)10-17-9-11-4-5-11/h6-8,11,17H,1-5,9-10H2,(H,18,20). The third-order valence-electron chi connectivity index (χ3n) is 3.96. The van der Waals surface area contributed by atoms with Gasteiger partial charge >= 0.3 is 0 Å². The van der Waals surface area contributed by atoms with Gasteiger partial charge in [0, 0.05) is 17.7 Å². The largest absolute Gasteiger partial charge is 0.325 e. The summed E-state index contributed by atoms with van der Waals surface area (Å²) in [5.41, 5.74) is 2.60. The Labute approximate surface area is 118 Å². The minimum absolute atomic E-state index is 0.0474. The van der Waals surface area contributed by atoms with E-state index in [1.807, 2.05) is 18.2 Å². The van der Waals surface area contributed by atoms with Gasteiger partial charge in [0.05, 0.1) is 6.54 Å². The molecule has 4 heteroatoms. The topological polar surface area (TPSA) is 58.2 Å². The maximum absolute atomic E-state index is 11.9. The molecule has 1 fully saturated rings. The van der Waals surface area contributed by atoms with Crippen molar-refractivity contribution in [2.75, 3.05) is 18.4 Å². The Morgan fingerprint density at radius 1 is 1.25 bits per heavy atom. The molecule has 0 aromatic heterocycles. The first-order valence-corrected chi connectivity index (χ1v) is 7.39. The van der Waals surface area contributed by atoms with E-state index in [2.05, 4.69) is 10.6 Å². The van der Waals surface area contributed by atoms with Gasteiger partial charge in [0.2, 0.25) is 5.91 Å². The minimum atomic E-state index is -0.0474. The molecule has 4 nitrogen and oxygen atoms in total. The Morgan fingerprint density at radius 3 is 2.90 bits per heavy atom. The number of aryl methyl sites for hydroxylation is 1. The summed E-state index contributed by atoms with van der Waals surface area (Å²) in [4.78, 5) is 23.7. The first-order valence-electron chi connectivity index (χ1n) is 7.39. The van der Waals surface area contributed by atoms with E-state index in [9.17, 15) is 9.59 Å². The molecule has 3 rings (SSSR count). The molecule has 2 aliphatic rings. The van der Waals surface area contributed by atoms with Crippen LogP contribution in [-0.2, 0) is 11.2 Å². The number of hydrogen-bond donors (Lipinski definition) is 2. The summed E-state index contributed by atoms with van der Waals surface area (Å²) >= 11 is 0. The average Bonchev–Trinajstić information content (AvgIpc) is 3.24. The summed E-state index contributed by atoms with van der Waals surface area (Å²) < 4.78 is 0. The van der Waals surface area contributed by atoms with Crippen molar-refractivity contribution in [2.45, 2.75) is 32.1 Å². The Morgan fingerprint density at radius 2 is 2.10 bits per heavy atom. The molecule has 1 aromatic carbocycles. The van der Waals surface area contributed by atoms with Crippen molar-refractivity contribution in [3.8, 4) is 0 Å². The molecule has 0 bridgehead atoms. The quantitative estimate of drug-likeness (QED) is 0.863. The highest BCUT2D eigenvalue weighted by molar-refractivity contribution is 6.00. The monoisotopic (exact) mass is 272 g/mol. The maximum atomic E-state index is 11.9. The zero-order valence-electron chi connectivity index (χ0n) is 11.6. The van der Waals surface area contributed by atoms with Crippen molar-refractivity contribution < 1.29 is 9.59 Å². The molecule has 0 radical (unpaired) electrons. The third-order valence-corrected chi connectivity index (χ3v) is 3.96. The number of ketones is 1. The molecule has 1 aromatic rings. The molecule has 0 saturated heterocycles. The Hall–Kier alpha value is -1.68. The van der Waals surface area contributed by atoms with Crippen LogP contribution in [0.4, 0.5) is 5.69 Å². The summed E-state index contributed by atoms with van der Waals surface area (Å²) in [6.07, 6.45) is 5.07. The minimum Gasteiger partial charge on any atom is -0.325 e. The van der Waals surface area contributed by atoms with Crippen molar-refractivity contribution in [3.05, 3.63) is 29.3 Å². The lowest BCUT2D eigenvalue weighted by Gasteiger charge is -2.16. The van der Waals surface area contributed by atoms with Gasteiger partial charge in [-0.15, -0.1) is 0 Å². The Balaban J connectivity index is 1.57. The predicted octanol–water partition coefficient (Wildman–Crippen LogP) is 2.14. The highest BCUT2D eigenvalue weighted by atomic mass is 16.2. The van der Waals surface area contributed by atoms with E-state index in [1.165, 1.54) is 12.8 Å². The summed E-state index contributed by atoms with van der Waals surface area (Å²) in [6, 6.07) is 5.66. The number of fused-ring (bicyclic) bond motifs is 1. The fourth-order valence-corrected chi connectivity index (χ4v) is 2.62. The van der Waals surface area contributed by atoms with Crippen molar-refractivity contribution in [1.29, 1.82) is 0 Å². The van der Waals surface area contributed by atoms with E-state index in [-0.39, 0.29) is 11.7 Å². The van der Waals surface area contributed by atoms with Gasteiger partial charge in [-0.1, -0.05) is 6.07 Å². The zero-order valence-corrected chi connectivity index (χ0v) is 11.6. The normalized spacial score (nSPS) is 17.7. The highest BCUT2D eigenvalue weighted by Gasteiger charge is 2.21. The molecule has 0 heterocycles. The van der Waals surface area contributed by atoms with Gasteiger partial charge in [-0.05, 0) is 55.8 Å². The number of carbonyl (C=O) groups is 2. The van der Waals surface area contributed by atoms with Gasteiger partial charge in [-0.3, -0.25) is 9.59 Å². The van der Waals surface area contributed by atoms with Gasteiger partial charge in [-0.2, -0.15) is 0 Å². The molecular formula is C16H20N2O2. The number of anilines is 1. The van der Waals surface area contributed by atoms with Crippen LogP contribution < -0.4 is 10.6 Å². The van der Waals surface area contributed by atoms with Crippen LogP contribution >= 0.6 is 0 Å². The van der Waals surface area contributed by atoms with E-state index in [4.69, 9.17) is 0 Å². The van der Waals surface area contributed by atoms with Crippen LogP contribution in [0.3, 0.4) is 0 Å². The molecule has 106 valence electrons. The first kappa shape index (κ1) is 13.3. The Kier molecular flexibility index (Phi) is 3.83. The molecule has 2 aliphatic carbocycles. The van der Waals surface area contributed by atoms with Crippen LogP contribution in [0.25, 0.3) is 0 Å². The lowest BCUT2D eigenvalue weighted by Crippen LogP contribution is -2.29. The number of nitrogens with one attached hydrogen (secondary N) is 2. The summed E-state index contributed by atoms with van der Waals surface area (Å²) in [7, 11) is 0. The van der Waals surface area contributed by atoms with Gasteiger partial charge in [-0.25, -0.2) is 0 Å². The molecule has 20 heavy (non-hydrogen) atoms. The second kappa shape index (κ2) is 5.75. The maximum Gasteiger partial charge on any atom is 0.238 e. The van der Waals surface area contributed by atoms with Crippen molar-refractivity contribution in [2.24, 2.45) is 5.92 Å². The third kappa shape index (κ3) is 3.25. The highest BCUT2D eigenvalue weighted by Crippen LogP contribution is 2.27. The number of carbonyl (C=O) groups excluding carboxylic acids is 2. The van der Waals surface area contributed by atoms with E-state index in [0.717, 1.165) is 42.1 Å². The van der Waals surface area contributed by atoms with Crippen LogP contribution in [0.5, 0.6) is 0 Å². The van der Waals surface area contributed by atoms with Gasteiger partial charge in [0.15, 0.2) is 5.78 Å². The van der Waals surface area contributed by atoms with Crippen LogP contribution in [0.15, 0.2) is 18.2 Å². The molecule has 0 atom stereocenters. The summed E-state index contributed by atoms with van der Waals surface area (Å²) in [5, 5.41) is 6.01. The molecule has 2 N–H and O–H groups in total. The summed E-state index contributed by atoms with van der Waals surface area (Å²) in [5.74, 6) is 0.909. The number of benzene rings is 1. The van der Waals surface area contributed by atoms with Crippen LogP contribution in [0, 0.1) is 5.92 Å². The van der Waals surface area contributed by atoms with Crippen LogP contribution in [0.2, 0.25) is 0 Å². The lowest BCUT2D eigenvalue weighted by molar-refractivity contribution is -0.115. The summed E-state index contributed by atoms with van der Waals surface area (Å²) in [6.45, 7) is 1.26. The van der Waals surface area contributed by atoms with Gasteiger partial charge < -0.3 is 10.6 Å². The smallest absolute Gasteiger partial charge is 0.238 e. The van der Waals surface area contributed by atoms with E-state index >= 15 is 0 Å². The average molecular weight is 272 g/mol. The van der Waals surface area contributed by atoms with E-state index in [1.54, 1.807) is 0 Å². The molecule has 0 spiro atoms. The van der Waals surface area contributed by atoms with E-state index in [0.29, 0.717) is 13.0 Å². The zero-order chi connectivity index (χ0) is 13.9. The molecule has 1 amide bonds. The molecule has 0 aliphatic heterocycles. The fourth-order valence-electron chi connectivity index (χ4n) is 2.62. The van der Waals surface area contributed by atoms with Crippen molar-refractivity contribution >= 4 is 17.4 Å². The number of Topliss-reactive ketones (excluding diaryl/α,β-unsaturated/α-hetero) is 1. The lowest BCUT2D eigenvalue weighted by atomic mass is 9.90. The van der Waals surface area contributed by atoms with Crippen molar-refractivity contribution in [1.82, 2.24) is 5.32 Å². The van der Waals surface area contributed by atoms with E-state index < -0.39 is 0 Å². The Bertz CT molecular complexity index is 535. The number of hydrogen-bond acceptors (Lipinski definition) is 3. The molecule has 1 saturated carbocycles.